The average molecular weight is 288 g/mol. The summed E-state index contributed by atoms with van der Waals surface area (Å²) >= 11 is 1.13. The second-order valence-electron chi connectivity index (χ2n) is 3.93. The number of amides is 1. The van der Waals surface area contributed by atoms with Crippen molar-refractivity contribution >= 4 is 27.3 Å². The molecule has 5 nitrogen and oxygen atoms in total. The molecule has 0 unspecified atom stereocenters. The third-order valence-corrected chi connectivity index (χ3v) is 5.29. The third kappa shape index (κ3) is 3.94. The molecule has 7 heteroatoms. The molecule has 0 saturated carbocycles. The Hall–Kier alpha value is -1.18. The molecule has 1 N–H and O–H groups in total. The van der Waals surface area contributed by atoms with Crippen molar-refractivity contribution in [3.63, 3.8) is 0 Å². The number of hydrogen-bond acceptors (Lipinski definition) is 4. The molecule has 100 valence electrons. The van der Waals surface area contributed by atoms with Crippen LogP contribution in [0.5, 0.6) is 0 Å². The van der Waals surface area contributed by atoms with E-state index >= 15 is 0 Å². The van der Waals surface area contributed by atoms with Gasteiger partial charge in [0.15, 0.2) is 0 Å². The predicted octanol–water partition coefficient (Wildman–Crippen LogP) is 1.06. The molecule has 0 radical (unpaired) electrons. The zero-order valence-electron chi connectivity index (χ0n) is 10.3. The number of carbonyl (C=O) groups is 1. The lowest BCUT2D eigenvalue weighted by atomic mass is 10.3. The zero-order valence-corrected chi connectivity index (χ0v) is 12.0. The monoisotopic (exact) mass is 288 g/mol. The number of nitrogens with one attached hydrogen (secondary N) is 1. The topological polar surface area (TPSA) is 66.5 Å². The fourth-order valence-corrected chi connectivity index (χ4v) is 3.48. The van der Waals surface area contributed by atoms with Crippen LogP contribution in [0.4, 0.5) is 0 Å². The molecule has 0 spiro atoms. The quantitative estimate of drug-likeness (QED) is 0.796. The van der Waals surface area contributed by atoms with Gasteiger partial charge in [0.05, 0.1) is 6.54 Å². The highest BCUT2D eigenvalue weighted by molar-refractivity contribution is 7.91. The molecule has 0 aliphatic carbocycles. The Labute approximate surface area is 111 Å². The number of rotatable bonds is 6. The highest BCUT2D eigenvalue weighted by Gasteiger charge is 2.23. The Morgan fingerprint density at radius 2 is 2.22 bits per heavy atom. The maximum Gasteiger partial charge on any atom is 0.252 e. The lowest BCUT2D eigenvalue weighted by molar-refractivity contribution is -0.120. The van der Waals surface area contributed by atoms with Gasteiger partial charge >= 0.3 is 0 Å². The van der Waals surface area contributed by atoms with E-state index in [4.69, 9.17) is 0 Å². The summed E-state index contributed by atoms with van der Waals surface area (Å²) in [4.78, 5) is 11.5. The SMILES string of the molecule is C=C(C)CNC(=O)CN(C)S(=O)(=O)c1cccs1. The zero-order chi connectivity index (χ0) is 13.8. The number of nitrogens with zero attached hydrogens (tertiary/aromatic N) is 1. The van der Waals surface area contributed by atoms with Crippen LogP contribution in [-0.4, -0.2) is 38.8 Å². The molecule has 0 atom stereocenters. The Morgan fingerprint density at radius 1 is 1.56 bits per heavy atom. The van der Waals surface area contributed by atoms with E-state index in [0.717, 1.165) is 21.2 Å². The number of hydrogen-bond donors (Lipinski definition) is 1. The lowest BCUT2D eigenvalue weighted by Crippen LogP contribution is -2.38. The third-order valence-electron chi connectivity index (χ3n) is 2.11. The van der Waals surface area contributed by atoms with Gasteiger partial charge in [-0.1, -0.05) is 18.2 Å². The van der Waals surface area contributed by atoms with Crippen LogP contribution in [0.1, 0.15) is 6.92 Å². The molecule has 1 heterocycles. The maximum absolute atomic E-state index is 12.0. The molecule has 0 aromatic carbocycles. The summed E-state index contributed by atoms with van der Waals surface area (Å²) in [6, 6.07) is 3.18. The molecule has 1 aromatic rings. The maximum atomic E-state index is 12.0. The summed E-state index contributed by atoms with van der Waals surface area (Å²) in [5, 5.41) is 4.27. The van der Waals surface area contributed by atoms with Crippen LogP contribution in [0, 0.1) is 0 Å². The molecule has 18 heavy (non-hydrogen) atoms. The first-order valence-electron chi connectivity index (χ1n) is 5.25. The van der Waals surface area contributed by atoms with Crippen LogP contribution in [0.2, 0.25) is 0 Å². The van der Waals surface area contributed by atoms with Gasteiger partial charge in [0.2, 0.25) is 5.91 Å². The molecule has 0 saturated heterocycles. The van der Waals surface area contributed by atoms with Gasteiger partial charge in [0.1, 0.15) is 4.21 Å². The van der Waals surface area contributed by atoms with E-state index in [-0.39, 0.29) is 16.7 Å². The minimum atomic E-state index is -3.56. The normalized spacial score (nSPS) is 11.5. The van der Waals surface area contributed by atoms with Crippen LogP contribution in [0.3, 0.4) is 0 Å². The number of carbonyl (C=O) groups excluding carboxylic acids is 1. The molecular formula is C11H16N2O3S2. The van der Waals surface area contributed by atoms with E-state index in [1.807, 2.05) is 0 Å². The van der Waals surface area contributed by atoms with Gasteiger partial charge in [-0.3, -0.25) is 4.79 Å². The Kier molecular flexibility index (Phi) is 5.06. The highest BCUT2D eigenvalue weighted by atomic mass is 32.2. The molecule has 0 fully saturated rings. The van der Waals surface area contributed by atoms with Crippen molar-refractivity contribution in [1.29, 1.82) is 0 Å². The molecule has 0 aliphatic heterocycles. The van der Waals surface area contributed by atoms with Crippen LogP contribution in [0.15, 0.2) is 33.9 Å². The van der Waals surface area contributed by atoms with Crippen molar-refractivity contribution in [2.24, 2.45) is 0 Å². The molecule has 1 rings (SSSR count). The predicted molar refractivity (Wildman–Crippen MR) is 72.0 cm³/mol. The van der Waals surface area contributed by atoms with Crippen molar-refractivity contribution < 1.29 is 13.2 Å². The first-order valence-corrected chi connectivity index (χ1v) is 7.57. The smallest absolute Gasteiger partial charge is 0.252 e. The second-order valence-corrected chi connectivity index (χ2v) is 7.15. The number of likely N-dealkylation sites (N-methyl/N-ethyl adjacent to an activating group) is 1. The van der Waals surface area contributed by atoms with Crippen LogP contribution >= 0.6 is 11.3 Å². The van der Waals surface area contributed by atoms with Gasteiger partial charge in [-0.05, 0) is 18.4 Å². The average Bonchev–Trinajstić information content (AvgIpc) is 2.80. The fourth-order valence-electron chi connectivity index (χ4n) is 1.16. The van der Waals surface area contributed by atoms with E-state index in [1.54, 1.807) is 18.4 Å². The summed E-state index contributed by atoms with van der Waals surface area (Å²) in [6.07, 6.45) is 0. The molecule has 0 bridgehead atoms. The van der Waals surface area contributed by atoms with Crippen LogP contribution in [0.25, 0.3) is 0 Å². The van der Waals surface area contributed by atoms with Gasteiger partial charge in [-0.2, -0.15) is 4.31 Å². The minimum absolute atomic E-state index is 0.201. The van der Waals surface area contributed by atoms with E-state index < -0.39 is 10.0 Å². The molecule has 1 aromatic heterocycles. The summed E-state index contributed by atoms with van der Waals surface area (Å²) in [7, 11) is -2.18. The largest absolute Gasteiger partial charge is 0.351 e. The summed E-state index contributed by atoms with van der Waals surface area (Å²) in [6.45, 7) is 5.59. The van der Waals surface area contributed by atoms with Crippen molar-refractivity contribution in [3.05, 3.63) is 29.7 Å². The number of sulfonamides is 1. The summed E-state index contributed by atoms with van der Waals surface area (Å²) in [5.74, 6) is -0.347. The Morgan fingerprint density at radius 3 is 2.72 bits per heavy atom. The van der Waals surface area contributed by atoms with E-state index in [0.29, 0.717) is 6.54 Å². The number of thiophene rings is 1. The minimum Gasteiger partial charge on any atom is -0.351 e. The van der Waals surface area contributed by atoms with Gasteiger partial charge in [-0.15, -0.1) is 11.3 Å². The van der Waals surface area contributed by atoms with Crippen molar-refractivity contribution in [1.82, 2.24) is 9.62 Å². The summed E-state index contributed by atoms with van der Waals surface area (Å²) in [5.41, 5.74) is 0.812. The van der Waals surface area contributed by atoms with Crippen LogP contribution in [-0.2, 0) is 14.8 Å². The Balaban J connectivity index is 2.63. The van der Waals surface area contributed by atoms with E-state index in [2.05, 4.69) is 11.9 Å². The first-order chi connectivity index (χ1) is 8.34. The molecule has 0 aliphatic rings. The summed E-state index contributed by atoms with van der Waals surface area (Å²) < 4.78 is 25.3. The van der Waals surface area contributed by atoms with E-state index in [1.165, 1.54) is 13.1 Å². The van der Waals surface area contributed by atoms with Gasteiger partial charge in [-0.25, -0.2) is 8.42 Å². The van der Waals surface area contributed by atoms with Gasteiger partial charge in [0.25, 0.3) is 10.0 Å². The lowest BCUT2D eigenvalue weighted by Gasteiger charge is -2.15. The van der Waals surface area contributed by atoms with Gasteiger partial charge < -0.3 is 5.32 Å². The fraction of sp³-hybridized carbons (Fsp3) is 0.364. The van der Waals surface area contributed by atoms with E-state index in [9.17, 15) is 13.2 Å². The highest BCUT2D eigenvalue weighted by Crippen LogP contribution is 2.19. The standard InChI is InChI=1S/C11H16N2O3S2/c1-9(2)7-12-10(14)8-13(3)18(15,16)11-5-4-6-17-11/h4-6H,1,7-8H2,2-3H3,(H,12,14). The Bertz CT molecular complexity index is 520. The van der Waals surface area contributed by atoms with Gasteiger partial charge in [0, 0.05) is 13.6 Å². The van der Waals surface area contributed by atoms with Crippen molar-refractivity contribution in [3.8, 4) is 0 Å². The van der Waals surface area contributed by atoms with Crippen LogP contribution < -0.4 is 5.32 Å². The second kappa shape index (κ2) is 6.12. The van der Waals surface area contributed by atoms with Crippen molar-refractivity contribution in [2.45, 2.75) is 11.1 Å². The molecular weight excluding hydrogens is 272 g/mol. The molecule has 1 amide bonds. The van der Waals surface area contributed by atoms with Crippen molar-refractivity contribution in [2.75, 3.05) is 20.1 Å². The first kappa shape index (κ1) is 14.9.